The third-order valence-electron chi connectivity index (χ3n) is 4.17. The molecule has 0 aromatic rings. The summed E-state index contributed by atoms with van der Waals surface area (Å²) in [5.41, 5.74) is 4.96. The number of rotatable bonds is 7. The molecular weight excluding hydrogens is 264 g/mol. The van der Waals surface area contributed by atoms with Crippen molar-refractivity contribution in [1.82, 2.24) is 5.32 Å². The minimum atomic E-state index is -0.888. The maximum absolute atomic E-state index is 12.2. The highest BCUT2D eigenvalue weighted by molar-refractivity contribution is 7.84. The van der Waals surface area contributed by atoms with E-state index in [1.54, 1.807) is 0 Å². The molecule has 112 valence electrons. The summed E-state index contributed by atoms with van der Waals surface area (Å²) in [7, 11) is -0.864. The smallest absolute Gasteiger partial charge is 0.240 e. The Morgan fingerprint density at radius 3 is 2.58 bits per heavy atom. The lowest BCUT2D eigenvalue weighted by molar-refractivity contribution is -0.170. The first-order valence-corrected chi connectivity index (χ1v) is 8.32. The van der Waals surface area contributed by atoms with Crippen molar-refractivity contribution < 1.29 is 13.7 Å². The van der Waals surface area contributed by atoms with Crippen LogP contribution < -0.4 is 11.1 Å². The molecule has 3 atom stereocenters. The maximum atomic E-state index is 12.2. The second-order valence-electron chi connectivity index (χ2n) is 5.53. The molecule has 0 aromatic heterocycles. The Bertz CT molecular complexity index is 360. The molecular formula is C13H26N2O3S. The van der Waals surface area contributed by atoms with Crippen LogP contribution in [0.4, 0.5) is 0 Å². The fraction of sp³-hybridized carbons (Fsp3) is 0.923. The topological polar surface area (TPSA) is 81.4 Å². The van der Waals surface area contributed by atoms with Gasteiger partial charge < -0.3 is 15.8 Å². The third-order valence-corrected chi connectivity index (χ3v) is 5.48. The van der Waals surface area contributed by atoms with Crippen LogP contribution in [0.25, 0.3) is 0 Å². The van der Waals surface area contributed by atoms with Crippen molar-refractivity contribution in [3.63, 3.8) is 0 Å². The minimum absolute atomic E-state index is 0.0259. The molecule has 1 aliphatic rings. The molecule has 0 aromatic carbocycles. The highest BCUT2D eigenvalue weighted by Crippen LogP contribution is 2.49. The maximum Gasteiger partial charge on any atom is 0.240 e. The van der Waals surface area contributed by atoms with Crippen molar-refractivity contribution in [3.05, 3.63) is 0 Å². The summed E-state index contributed by atoms with van der Waals surface area (Å²) < 4.78 is 16.9. The first-order valence-electron chi connectivity index (χ1n) is 6.83. The van der Waals surface area contributed by atoms with E-state index in [2.05, 4.69) is 5.32 Å². The first-order chi connectivity index (χ1) is 8.79. The van der Waals surface area contributed by atoms with Gasteiger partial charge in [-0.2, -0.15) is 0 Å². The highest BCUT2D eigenvalue weighted by atomic mass is 32.2. The van der Waals surface area contributed by atoms with E-state index in [0.717, 1.165) is 0 Å². The normalized spacial score (nSPS) is 30.5. The Labute approximate surface area is 118 Å². The molecule has 0 heterocycles. The van der Waals surface area contributed by atoms with Crippen molar-refractivity contribution in [2.24, 2.45) is 11.1 Å². The lowest BCUT2D eigenvalue weighted by atomic mass is 9.54. The Hall–Kier alpha value is -0.460. The molecule has 1 fully saturated rings. The van der Waals surface area contributed by atoms with E-state index in [0.29, 0.717) is 31.1 Å². The minimum Gasteiger partial charge on any atom is -0.378 e. The molecule has 3 unspecified atom stereocenters. The standard InChI is InChI=1S/C13H26N2O3S/c1-5-18-10-9-13(14,12(10,3)4)11(16)15-7-8-19(17)6-2/h10H,5-9,14H2,1-4H3,(H,15,16). The van der Waals surface area contributed by atoms with Crippen molar-refractivity contribution >= 4 is 16.7 Å². The van der Waals surface area contributed by atoms with Gasteiger partial charge in [-0.3, -0.25) is 9.00 Å². The number of carbonyl (C=O) groups is 1. The van der Waals surface area contributed by atoms with Crippen LogP contribution in [-0.2, 0) is 20.3 Å². The summed E-state index contributed by atoms with van der Waals surface area (Å²) in [6.07, 6.45) is 0.564. The molecule has 1 aliphatic carbocycles. The lowest BCUT2D eigenvalue weighted by Gasteiger charge is -2.57. The van der Waals surface area contributed by atoms with Gasteiger partial charge in [-0.15, -0.1) is 0 Å². The van der Waals surface area contributed by atoms with Gasteiger partial charge in [-0.05, 0) is 6.92 Å². The number of nitrogens with one attached hydrogen (secondary N) is 1. The number of hydrogen-bond donors (Lipinski definition) is 2. The van der Waals surface area contributed by atoms with Crippen molar-refractivity contribution in [2.75, 3.05) is 24.7 Å². The number of amides is 1. The van der Waals surface area contributed by atoms with Crippen molar-refractivity contribution in [3.8, 4) is 0 Å². The highest BCUT2D eigenvalue weighted by Gasteiger charge is 2.62. The zero-order valence-electron chi connectivity index (χ0n) is 12.3. The number of nitrogens with two attached hydrogens (primary N) is 1. The molecule has 5 nitrogen and oxygen atoms in total. The summed E-state index contributed by atoms with van der Waals surface area (Å²) in [5, 5.41) is 2.80. The van der Waals surface area contributed by atoms with E-state index in [1.165, 1.54) is 0 Å². The Morgan fingerprint density at radius 1 is 1.47 bits per heavy atom. The molecule has 1 amide bonds. The van der Waals surface area contributed by atoms with Gasteiger partial charge in [0.1, 0.15) is 5.54 Å². The van der Waals surface area contributed by atoms with Crippen molar-refractivity contribution in [2.45, 2.75) is 45.8 Å². The van der Waals surface area contributed by atoms with Gasteiger partial charge in [0.2, 0.25) is 5.91 Å². The Kier molecular flexibility index (Phi) is 5.53. The summed E-state index contributed by atoms with van der Waals surface area (Å²) in [4.78, 5) is 12.2. The molecule has 1 saturated carbocycles. The predicted octanol–water partition coefficient (Wildman–Crippen LogP) is 0.404. The number of ether oxygens (including phenoxy) is 1. The van der Waals surface area contributed by atoms with E-state index < -0.39 is 16.3 Å². The number of carbonyl (C=O) groups excluding carboxylic acids is 1. The van der Waals surface area contributed by atoms with Crippen LogP contribution >= 0.6 is 0 Å². The SMILES string of the molecule is CCOC1CC(N)(C(=O)NCCS(=O)CC)C1(C)C. The zero-order valence-corrected chi connectivity index (χ0v) is 13.1. The average molecular weight is 290 g/mol. The van der Waals surface area contributed by atoms with Gasteiger partial charge in [-0.1, -0.05) is 20.8 Å². The molecule has 6 heteroatoms. The predicted molar refractivity (Wildman–Crippen MR) is 77.3 cm³/mol. The quantitative estimate of drug-likeness (QED) is 0.711. The van der Waals surface area contributed by atoms with Crippen LogP contribution in [0.1, 0.15) is 34.1 Å². The Balaban J connectivity index is 2.51. The van der Waals surface area contributed by atoms with Gasteiger partial charge >= 0.3 is 0 Å². The molecule has 0 radical (unpaired) electrons. The molecule has 19 heavy (non-hydrogen) atoms. The summed E-state index contributed by atoms with van der Waals surface area (Å²) in [6.45, 7) is 8.76. The Morgan fingerprint density at radius 2 is 2.11 bits per heavy atom. The van der Waals surface area contributed by atoms with Gasteiger partial charge in [0.15, 0.2) is 0 Å². The van der Waals surface area contributed by atoms with Crippen LogP contribution in [0, 0.1) is 5.41 Å². The van der Waals surface area contributed by atoms with Crippen LogP contribution in [0.3, 0.4) is 0 Å². The summed E-state index contributed by atoms with van der Waals surface area (Å²) >= 11 is 0. The van der Waals surface area contributed by atoms with Crippen LogP contribution in [0.15, 0.2) is 0 Å². The van der Waals surface area contributed by atoms with Gasteiger partial charge in [0.05, 0.1) is 6.10 Å². The molecule has 0 bridgehead atoms. The molecule has 3 N–H and O–H groups in total. The van der Waals surface area contributed by atoms with E-state index >= 15 is 0 Å². The molecule has 0 aliphatic heterocycles. The van der Waals surface area contributed by atoms with Gasteiger partial charge in [0, 0.05) is 47.3 Å². The summed E-state index contributed by atoms with van der Waals surface area (Å²) in [6, 6.07) is 0. The van der Waals surface area contributed by atoms with Gasteiger partial charge in [0.25, 0.3) is 0 Å². The van der Waals surface area contributed by atoms with E-state index in [-0.39, 0.29) is 17.4 Å². The van der Waals surface area contributed by atoms with Crippen LogP contribution in [0.5, 0.6) is 0 Å². The second kappa shape index (κ2) is 6.33. The molecule has 1 rings (SSSR count). The van der Waals surface area contributed by atoms with E-state index in [1.807, 2.05) is 27.7 Å². The fourth-order valence-corrected chi connectivity index (χ4v) is 3.02. The molecule has 0 spiro atoms. The summed E-state index contributed by atoms with van der Waals surface area (Å²) in [5.74, 6) is 0.927. The van der Waals surface area contributed by atoms with Gasteiger partial charge in [-0.25, -0.2) is 0 Å². The fourth-order valence-electron chi connectivity index (χ4n) is 2.40. The number of hydrogen-bond acceptors (Lipinski definition) is 4. The lowest BCUT2D eigenvalue weighted by Crippen LogP contribution is -2.75. The average Bonchev–Trinajstić information content (AvgIpc) is 2.37. The monoisotopic (exact) mass is 290 g/mol. The third kappa shape index (κ3) is 3.17. The molecule has 0 saturated heterocycles. The second-order valence-corrected chi connectivity index (χ2v) is 7.39. The van der Waals surface area contributed by atoms with Crippen LogP contribution in [-0.4, -0.2) is 46.4 Å². The van der Waals surface area contributed by atoms with Crippen LogP contribution in [0.2, 0.25) is 0 Å². The van der Waals surface area contributed by atoms with E-state index in [9.17, 15) is 9.00 Å². The first kappa shape index (κ1) is 16.6. The van der Waals surface area contributed by atoms with E-state index in [4.69, 9.17) is 10.5 Å². The largest absolute Gasteiger partial charge is 0.378 e. The van der Waals surface area contributed by atoms with Crippen molar-refractivity contribution in [1.29, 1.82) is 0 Å². The zero-order chi connectivity index (χ0) is 14.7.